The summed E-state index contributed by atoms with van der Waals surface area (Å²) in [5, 5.41) is 21.8. The van der Waals surface area contributed by atoms with Crippen LogP contribution in [0.15, 0.2) is 24.3 Å². The van der Waals surface area contributed by atoms with Crippen LogP contribution in [0.1, 0.15) is 67.7 Å². The van der Waals surface area contributed by atoms with Gasteiger partial charge in [-0.2, -0.15) is 0 Å². The van der Waals surface area contributed by atoms with E-state index in [1.807, 2.05) is 0 Å². The zero-order chi connectivity index (χ0) is 27.2. The van der Waals surface area contributed by atoms with Crippen LogP contribution in [-0.2, 0) is 9.53 Å². The van der Waals surface area contributed by atoms with Gasteiger partial charge in [0.15, 0.2) is 23.0 Å². The normalized spacial score (nSPS) is 21.5. The average molecular weight is 531 g/mol. The zero-order valence-electron chi connectivity index (χ0n) is 22.5. The second-order valence-electron chi connectivity index (χ2n) is 9.67. The van der Waals surface area contributed by atoms with Crippen LogP contribution >= 0.6 is 0 Å². The number of hydrogen-bond acceptors (Lipinski definition) is 9. The van der Waals surface area contributed by atoms with E-state index in [0.29, 0.717) is 45.4 Å². The highest BCUT2D eigenvalue weighted by Crippen LogP contribution is 2.54. The summed E-state index contributed by atoms with van der Waals surface area (Å²) in [6, 6.07) is 7.10. The first kappa shape index (κ1) is 27.9. The Labute approximate surface area is 223 Å². The first-order valence-electron chi connectivity index (χ1n) is 13.2. The molecule has 2 N–H and O–H groups in total. The van der Waals surface area contributed by atoms with Crippen LogP contribution in [0.3, 0.4) is 0 Å². The number of rotatable bonds is 12. The lowest BCUT2D eigenvalue weighted by Crippen LogP contribution is -2.41. The molecular formula is C29H38O9. The predicted octanol–water partition coefficient (Wildman–Crippen LogP) is 4.36. The molecule has 9 nitrogen and oxygen atoms in total. The third-order valence-corrected chi connectivity index (χ3v) is 7.48. The number of carbonyl (C=O) groups excluding carboxylic acids is 1. The molecule has 38 heavy (non-hydrogen) atoms. The molecule has 1 aliphatic heterocycles. The van der Waals surface area contributed by atoms with Crippen molar-refractivity contribution in [1.29, 1.82) is 0 Å². The van der Waals surface area contributed by atoms with Crippen LogP contribution in [-0.4, -0.2) is 57.5 Å². The molecular weight excluding hydrogens is 492 g/mol. The molecule has 0 saturated carbocycles. The Morgan fingerprint density at radius 2 is 1.55 bits per heavy atom. The molecule has 0 radical (unpaired) electrons. The molecule has 0 saturated heterocycles. The smallest absolute Gasteiger partial charge is 0.310 e. The molecule has 0 bridgehead atoms. The number of unbranched alkanes of at least 4 members (excludes halogenated alkanes) is 4. The summed E-state index contributed by atoms with van der Waals surface area (Å²) < 4.78 is 33.6. The van der Waals surface area contributed by atoms with Gasteiger partial charge < -0.3 is 38.6 Å². The van der Waals surface area contributed by atoms with E-state index in [2.05, 4.69) is 6.92 Å². The standard InChI is InChI=1S/C29H38O9/c1-5-6-7-8-9-10-36-29(32)26-20(15-30)27(31)19-14-22-21(37-16-38-22)13-18(19)25(26)17-11-23(33-2)28(35-4)24(12-17)34-3/h11-14,20,25-27,30-31H,5-10,15-16H2,1-4H3/t20-,25+,26+,27-/m0/s1. The minimum Gasteiger partial charge on any atom is -0.493 e. The molecule has 0 aromatic heterocycles. The average Bonchev–Trinajstić information content (AvgIpc) is 3.40. The Balaban J connectivity index is 1.80. The lowest BCUT2D eigenvalue weighted by atomic mass is 9.65. The minimum atomic E-state index is -1.11. The Kier molecular flexibility index (Phi) is 9.22. The Morgan fingerprint density at radius 3 is 2.13 bits per heavy atom. The fourth-order valence-corrected chi connectivity index (χ4v) is 5.53. The lowest BCUT2D eigenvalue weighted by Gasteiger charge is -2.41. The number of aliphatic hydroxyl groups excluding tert-OH is 2. The van der Waals surface area contributed by atoms with Crippen molar-refractivity contribution in [2.45, 2.75) is 51.0 Å². The molecule has 0 unspecified atom stereocenters. The van der Waals surface area contributed by atoms with Gasteiger partial charge in [0, 0.05) is 18.4 Å². The number of benzene rings is 2. The van der Waals surface area contributed by atoms with E-state index in [1.165, 1.54) is 21.3 Å². The molecule has 2 aromatic rings. The fourth-order valence-electron chi connectivity index (χ4n) is 5.53. The maximum atomic E-state index is 13.7. The second kappa shape index (κ2) is 12.6. The molecule has 1 aliphatic carbocycles. The molecule has 0 spiro atoms. The summed E-state index contributed by atoms with van der Waals surface area (Å²) in [6.07, 6.45) is 3.99. The van der Waals surface area contributed by atoms with E-state index in [-0.39, 0.29) is 13.4 Å². The molecule has 0 fully saturated rings. The van der Waals surface area contributed by atoms with Crippen LogP contribution in [0.5, 0.6) is 28.7 Å². The fraction of sp³-hybridized carbons (Fsp3) is 0.552. The van der Waals surface area contributed by atoms with Crippen LogP contribution < -0.4 is 23.7 Å². The number of carbonyl (C=O) groups is 1. The minimum absolute atomic E-state index is 0.0656. The summed E-state index contributed by atoms with van der Waals surface area (Å²) >= 11 is 0. The highest BCUT2D eigenvalue weighted by Gasteiger charge is 2.48. The summed E-state index contributed by atoms with van der Waals surface area (Å²) in [6.45, 7) is 2.09. The topological polar surface area (TPSA) is 113 Å². The van der Waals surface area contributed by atoms with Crippen molar-refractivity contribution in [2.24, 2.45) is 11.8 Å². The van der Waals surface area contributed by atoms with E-state index in [9.17, 15) is 15.0 Å². The van der Waals surface area contributed by atoms with Gasteiger partial charge in [0.25, 0.3) is 0 Å². The van der Waals surface area contributed by atoms with Gasteiger partial charge in [-0.05, 0) is 47.4 Å². The molecule has 2 aliphatic rings. The highest BCUT2D eigenvalue weighted by atomic mass is 16.7. The number of ether oxygens (including phenoxy) is 6. The Hall–Kier alpha value is -3.17. The van der Waals surface area contributed by atoms with E-state index in [4.69, 9.17) is 28.4 Å². The van der Waals surface area contributed by atoms with E-state index >= 15 is 0 Å². The summed E-state index contributed by atoms with van der Waals surface area (Å²) in [4.78, 5) is 13.7. The first-order chi connectivity index (χ1) is 18.5. The van der Waals surface area contributed by atoms with Crippen LogP contribution in [0.4, 0.5) is 0 Å². The van der Waals surface area contributed by atoms with Gasteiger partial charge in [0.05, 0.1) is 40.0 Å². The van der Waals surface area contributed by atoms with Crippen molar-refractivity contribution in [3.8, 4) is 28.7 Å². The molecule has 0 amide bonds. The maximum Gasteiger partial charge on any atom is 0.310 e. The predicted molar refractivity (Wildman–Crippen MR) is 139 cm³/mol. The molecule has 1 heterocycles. The lowest BCUT2D eigenvalue weighted by molar-refractivity contribution is -0.155. The van der Waals surface area contributed by atoms with Gasteiger partial charge in [-0.3, -0.25) is 4.79 Å². The first-order valence-corrected chi connectivity index (χ1v) is 13.2. The van der Waals surface area contributed by atoms with E-state index in [0.717, 1.165) is 32.1 Å². The van der Waals surface area contributed by atoms with Gasteiger partial charge in [-0.15, -0.1) is 0 Å². The third kappa shape index (κ3) is 5.35. The van der Waals surface area contributed by atoms with E-state index < -0.39 is 36.4 Å². The number of hydrogen-bond donors (Lipinski definition) is 2. The number of aliphatic hydroxyl groups is 2. The second-order valence-corrected chi connectivity index (χ2v) is 9.67. The summed E-state index contributed by atoms with van der Waals surface area (Å²) in [5.74, 6) is -0.430. The Bertz CT molecular complexity index is 1090. The monoisotopic (exact) mass is 530 g/mol. The van der Waals surface area contributed by atoms with Crippen molar-refractivity contribution < 1.29 is 43.4 Å². The molecule has 4 rings (SSSR count). The molecule has 2 aromatic carbocycles. The van der Waals surface area contributed by atoms with Crippen molar-refractivity contribution in [3.63, 3.8) is 0 Å². The number of esters is 1. The third-order valence-electron chi connectivity index (χ3n) is 7.48. The maximum absolute atomic E-state index is 13.7. The summed E-state index contributed by atoms with van der Waals surface area (Å²) in [7, 11) is 4.58. The van der Waals surface area contributed by atoms with Crippen LogP contribution in [0.25, 0.3) is 0 Å². The van der Waals surface area contributed by atoms with Crippen LogP contribution in [0.2, 0.25) is 0 Å². The van der Waals surface area contributed by atoms with Gasteiger partial charge in [0.1, 0.15) is 0 Å². The summed E-state index contributed by atoms with van der Waals surface area (Å²) in [5.41, 5.74) is 1.94. The van der Waals surface area contributed by atoms with Gasteiger partial charge in [0.2, 0.25) is 12.5 Å². The van der Waals surface area contributed by atoms with Gasteiger partial charge >= 0.3 is 5.97 Å². The quantitative estimate of drug-likeness (QED) is 0.305. The number of fused-ring (bicyclic) bond motifs is 2. The van der Waals surface area contributed by atoms with Crippen LogP contribution in [0, 0.1) is 11.8 Å². The SMILES string of the molecule is CCCCCCCOC(=O)[C@H]1[C@H](c2cc(OC)c(OC)c(OC)c2)c2cc3c(cc2[C@H](O)[C@H]1CO)OCO3. The van der Waals surface area contributed by atoms with Crippen molar-refractivity contribution in [3.05, 3.63) is 41.0 Å². The molecule has 9 heteroatoms. The van der Waals surface area contributed by atoms with Crippen molar-refractivity contribution >= 4 is 5.97 Å². The van der Waals surface area contributed by atoms with Gasteiger partial charge in [-0.1, -0.05) is 32.6 Å². The van der Waals surface area contributed by atoms with Crippen molar-refractivity contribution in [1.82, 2.24) is 0 Å². The number of methoxy groups -OCH3 is 3. The molecule has 4 atom stereocenters. The highest BCUT2D eigenvalue weighted by molar-refractivity contribution is 5.77. The van der Waals surface area contributed by atoms with Gasteiger partial charge in [-0.25, -0.2) is 0 Å². The molecule has 208 valence electrons. The van der Waals surface area contributed by atoms with E-state index in [1.54, 1.807) is 24.3 Å². The largest absolute Gasteiger partial charge is 0.493 e. The zero-order valence-corrected chi connectivity index (χ0v) is 22.5. The Morgan fingerprint density at radius 1 is 0.921 bits per heavy atom. The van der Waals surface area contributed by atoms with Crippen molar-refractivity contribution in [2.75, 3.05) is 41.3 Å².